The van der Waals surface area contributed by atoms with E-state index in [1.165, 1.54) is 12.1 Å². The minimum absolute atomic E-state index is 0.0601. The van der Waals surface area contributed by atoms with Crippen molar-refractivity contribution in [3.8, 4) is 5.75 Å². The lowest BCUT2D eigenvalue weighted by atomic mass is 9.85. The Morgan fingerprint density at radius 2 is 1.97 bits per heavy atom. The third kappa shape index (κ3) is 4.18. The monoisotopic (exact) mass is 480 g/mol. The Hall–Kier alpha value is -3.05. The van der Waals surface area contributed by atoms with Gasteiger partial charge >= 0.3 is 6.18 Å². The predicted octanol–water partition coefficient (Wildman–Crippen LogP) is 3.58. The Balaban J connectivity index is 1.46. The Morgan fingerprint density at radius 1 is 1.18 bits per heavy atom. The van der Waals surface area contributed by atoms with Crippen molar-refractivity contribution in [2.75, 3.05) is 29.0 Å². The van der Waals surface area contributed by atoms with Crippen LogP contribution in [0, 0.1) is 0 Å². The van der Waals surface area contributed by atoms with E-state index in [4.69, 9.17) is 9.47 Å². The van der Waals surface area contributed by atoms with E-state index in [-0.39, 0.29) is 31.1 Å². The summed E-state index contributed by atoms with van der Waals surface area (Å²) in [5.41, 5.74) is 0.875. The maximum absolute atomic E-state index is 13.2. The van der Waals surface area contributed by atoms with Crippen LogP contribution in [0.5, 0.6) is 5.75 Å². The first-order valence-electron chi connectivity index (χ1n) is 10.2. The number of sulfonamides is 1. The largest absolute Gasteiger partial charge is 0.481 e. The predicted molar refractivity (Wildman–Crippen MR) is 114 cm³/mol. The number of carbonyl (C=O) groups is 1. The average molecular weight is 480 g/mol. The fourth-order valence-electron chi connectivity index (χ4n) is 4.23. The topological polar surface area (TPSA) is 93.7 Å². The minimum Gasteiger partial charge on any atom is -0.481 e. The van der Waals surface area contributed by atoms with Gasteiger partial charge in [0.05, 0.1) is 30.2 Å². The van der Waals surface area contributed by atoms with Crippen LogP contribution in [0.2, 0.25) is 0 Å². The molecule has 0 saturated carbocycles. The number of amides is 1. The highest BCUT2D eigenvalue weighted by Crippen LogP contribution is 2.45. The molecule has 2 aromatic rings. The molecule has 2 N–H and O–H groups in total. The van der Waals surface area contributed by atoms with Crippen LogP contribution in [0.15, 0.2) is 42.5 Å². The number of carbonyl (C=O) groups excluding carboxylic acids is 1. The number of fused-ring (bicyclic) bond motifs is 2. The molecule has 1 fully saturated rings. The molecule has 1 saturated heterocycles. The molecule has 5 rings (SSSR count). The van der Waals surface area contributed by atoms with E-state index in [0.717, 1.165) is 12.1 Å². The normalized spacial score (nSPS) is 21.2. The number of alkyl halides is 3. The first-order chi connectivity index (χ1) is 15.5. The maximum atomic E-state index is 13.2. The summed E-state index contributed by atoms with van der Waals surface area (Å²) in [6.45, 7) is 0.433. The molecule has 33 heavy (non-hydrogen) atoms. The van der Waals surface area contributed by atoms with E-state index >= 15 is 0 Å². The highest BCUT2D eigenvalue weighted by Gasteiger charge is 2.46. The zero-order chi connectivity index (χ0) is 23.4. The maximum Gasteiger partial charge on any atom is 0.416 e. The van der Waals surface area contributed by atoms with E-state index in [1.807, 2.05) is 0 Å². The van der Waals surface area contributed by atoms with Gasteiger partial charge in [0.1, 0.15) is 5.75 Å². The van der Waals surface area contributed by atoms with Gasteiger partial charge in [-0.3, -0.25) is 9.52 Å². The molecule has 1 amide bonds. The lowest BCUT2D eigenvalue weighted by molar-refractivity contribution is -0.161. The van der Waals surface area contributed by atoms with Crippen LogP contribution in [-0.2, 0) is 32.2 Å². The van der Waals surface area contributed by atoms with Crippen molar-refractivity contribution in [2.24, 2.45) is 0 Å². The standard InChI is InChI=1S/C22H19F3N2O5S/c23-22(24,25)14-4-5-15-13(10-21(11-31-12-21)32-19(15)9-14)8-20(28)26-17-2-1-3-18-16(17)6-7-33(29,30)27-18/h1-5,8-9,27H,6-7,10-12H2,(H,26,28). The highest BCUT2D eigenvalue weighted by molar-refractivity contribution is 7.92. The molecule has 3 aliphatic heterocycles. The lowest BCUT2D eigenvalue weighted by Gasteiger charge is -2.45. The van der Waals surface area contributed by atoms with Crippen LogP contribution < -0.4 is 14.8 Å². The second-order valence-corrected chi connectivity index (χ2v) is 10.2. The number of halogens is 3. The van der Waals surface area contributed by atoms with Gasteiger partial charge in [0.25, 0.3) is 0 Å². The molecule has 1 spiro atoms. The quantitative estimate of drug-likeness (QED) is 0.641. The molecule has 0 bridgehead atoms. The molecule has 0 aromatic heterocycles. The SMILES string of the molecule is O=C(C=C1CC2(COC2)Oc2cc(C(F)(F)F)ccc21)Nc1cccc2c1CCS(=O)(=O)N2. The number of rotatable bonds is 2. The van der Waals surface area contributed by atoms with E-state index in [9.17, 15) is 26.4 Å². The van der Waals surface area contributed by atoms with Crippen molar-refractivity contribution in [1.29, 1.82) is 0 Å². The van der Waals surface area contributed by atoms with Gasteiger partial charge in [0.2, 0.25) is 15.9 Å². The van der Waals surface area contributed by atoms with E-state index in [1.54, 1.807) is 18.2 Å². The van der Waals surface area contributed by atoms with Crippen LogP contribution in [-0.4, -0.2) is 38.9 Å². The molecule has 11 heteroatoms. The second-order valence-electron chi connectivity index (χ2n) is 8.32. The van der Waals surface area contributed by atoms with Gasteiger partial charge in [-0.1, -0.05) is 12.1 Å². The van der Waals surface area contributed by atoms with Gasteiger partial charge in [0, 0.05) is 29.3 Å². The molecule has 174 valence electrons. The lowest BCUT2D eigenvalue weighted by Crippen LogP contribution is -2.55. The van der Waals surface area contributed by atoms with Gasteiger partial charge in [-0.05, 0) is 36.3 Å². The van der Waals surface area contributed by atoms with E-state index in [2.05, 4.69) is 10.0 Å². The minimum atomic E-state index is -4.52. The third-order valence-corrected chi connectivity index (χ3v) is 7.12. The summed E-state index contributed by atoms with van der Waals surface area (Å²) in [7, 11) is -3.40. The first kappa shape index (κ1) is 21.8. The van der Waals surface area contributed by atoms with Crippen LogP contribution in [0.25, 0.3) is 5.57 Å². The molecule has 0 atom stereocenters. The fourth-order valence-corrected chi connectivity index (χ4v) is 5.33. The van der Waals surface area contributed by atoms with Crippen molar-refractivity contribution in [3.63, 3.8) is 0 Å². The van der Waals surface area contributed by atoms with Crippen LogP contribution in [0.1, 0.15) is 23.1 Å². The number of hydrogen-bond donors (Lipinski definition) is 2. The number of ether oxygens (including phenoxy) is 2. The Bertz CT molecular complexity index is 1280. The van der Waals surface area contributed by atoms with Gasteiger partial charge < -0.3 is 14.8 Å². The third-order valence-electron chi connectivity index (χ3n) is 5.85. The summed E-state index contributed by atoms with van der Waals surface area (Å²) in [5.74, 6) is -0.511. The van der Waals surface area contributed by atoms with Crippen molar-refractivity contribution < 1.29 is 35.9 Å². The molecule has 0 radical (unpaired) electrons. The summed E-state index contributed by atoms with van der Waals surface area (Å²) in [6, 6.07) is 8.13. The number of nitrogens with one attached hydrogen (secondary N) is 2. The summed E-state index contributed by atoms with van der Waals surface area (Å²) < 4.78 is 76.7. The smallest absolute Gasteiger partial charge is 0.416 e. The molecule has 3 aliphatic rings. The second kappa shape index (κ2) is 7.49. The van der Waals surface area contributed by atoms with Crippen LogP contribution in [0.4, 0.5) is 24.5 Å². The Kier molecular flexibility index (Phi) is 4.94. The van der Waals surface area contributed by atoms with Gasteiger partial charge in [0.15, 0.2) is 5.60 Å². The van der Waals surface area contributed by atoms with Crippen molar-refractivity contribution in [3.05, 3.63) is 59.2 Å². The molecule has 0 unspecified atom stereocenters. The highest BCUT2D eigenvalue weighted by atomic mass is 32.2. The molecule has 0 aliphatic carbocycles. The summed E-state index contributed by atoms with van der Waals surface area (Å²) in [6.07, 6.45) is -2.62. The van der Waals surface area contributed by atoms with Crippen molar-refractivity contribution in [2.45, 2.75) is 24.6 Å². The van der Waals surface area contributed by atoms with Crippen LogP contribution in [0.3, 0.4) is 0 Å². The molecular weight excluding hydrogens is 461 g/mol. The zero-order valence-corrected chi connectivity index (χ0v) is 18.0. The fraction of sp³-hybridized carbons (Fsp3) is 0.318. The van der Waals surface area contributed by atoms with Gasteiger partial charge in [-0.15, -0.1) is 0 Å². The Labute approximate surface area is 187 Å². The number of hydrogen-bond acceptors (Lipinski definition) is 5. The molecule has 2 aromatic carbocycles. The number of benzene rings is 2. The average Bonchev–Trinajstić information content (AvgIpc) is 2.70. The van der Waals surface area contributed by atoms with Crippen molar-refractivity contribution >= 4 is 32.9 Å². The van der Waals surface area contributed by atoms with Crippen LogP contribution >= 0.6 is 0 Å². The molecule has 7 nitrogen and oxygen atoms in total. The van der Waals surface area contributed by atoms with Gasteiger partial charge in [-0.25, -0.2) is 8.42 Å². The van der Waals surface area contributed by atoms with E-state index in [0.29, 0.717) is 34.5 Å². The van der Waals surface area contributed by atoms with Gasteiger partial charge in [-0.2, -0.15) is 13.2 Å². The molecule has 3 heterocycles. The zero-order valence-electron chi connectivity index (χ0n) is 17.2. The Morgan fingerprint density at radius 3 is 2.67 bits per heavy atom. The summed E-state index contributed by atoms with van der Waals surface area (Å²) in [5, 5.41) is 2.77. The first-order valence-corrected chi connectivity index (χ1v) is 11.8. The molecular formula is C22H19F3N2O5S. The van der Waals surface area contributed by atoms with Crippen molar-refractivity contribution in [1.82, 2.24) is 0 Å². The van der Waals surface area contributed by atoms with E-state index < -0.39 is 33.3 Å². The summed E-state index contributed by atoms with van der Waals surface area (Å²) >= 11 is 0. The number of anilines is 2. The summed E-state index contributed by atoms with van der Waals surface area (Å²) in [4.78, 5) is 12.9.